The normalized spacial score (nSPS) is 10.1. The summed E-state index contributed by atoms with van der Waals surface area (Å²) >= 11 is 0. The predicted octanol–water partition coefficient (Wildman–Crippen LogP) is 9.27. The molecule has 0 fully saturated rings. The van der Waals surface area contributed by atoms with Crippen LogP contribution in [0.15, 0.2) is 125 Å². The number of carbonyl (C=O) groups is 3. The number of aliphatic carboxylic acids is 3. The number of hydrogen-bond acceptors (Lipinski definition) is 15. The molecule has 4 heterocycles. The van der Waals surface area contributed by atoms with Gasteiger partial charge in [0.1, 0.15) is 23.7 Å². The summed E-state index contributed by atoms with van der Waals surface area (Å²) in [6.45, 7) is 6.91. The molecule has 0 spiro atoms. The van der Waals surface area contributed by atoms with Crippen molar-refractivity contribution in [2.75, 3.05) is 10.6 Å². The monoisotopic (exact) mass is 852 g/mol. The van der Waals surface area contributed by atoms with E-state index < -0.39 is 39.0 Å². The summed E-state index contributed by atoms with van der Waals surface area (Å²) in [7, 11) is 0. The van der Waals surface area contributed by atoms with Gasteiger partial charge in [-0.25, -0.2) is 9.59 Å². The Morgan fingerprint density at radius 3 is 1.23 bits per heavy atom. The van der Waals surface area contributed by atoms with Crippen molar-refractivity contribution < 1.29 is 57.2 Å². The zero-order valence-electron chi connectivity index (χ0n) is 33.3. The Hall–Kier alpha value is -8.81. The number of rotatable bonds is 6. The Kier molecular flexibility index (Phi) is 15.0. The Bertz CT molecular complexity index is 2860. The fourth-order valence-electron chi connectivity index (χ4n) is 5.69. The van der Waals surface area contributed by atoms with Crippen molar-refractivity contribution in [2.24, 2.45) is 0 Å². The van der Waals surface area contributed by atoms with Crippen molar-refractivity contribution in [1.29, 1.82) is 0 Å². The van der Waals surface area contributed by atoms with Crippen LogP contribution in [0.5, 0.6) is 0 Å². The van der Waals surface area contributed by atoms with Gasteiger partial charge in [0, 0.05) is 79.3 Å². The highest BCUT2D eigenvalue weighted by atomic mass is 16.6. The van der Waals surface area contributed by atoms with Crippen LogP contribution in [0.4, 0.5) is 34.1 Å². The van der Waals surface area contributed by atoms with E-state index in [1.54, 1.807) is 36.4 Å². The molecule has 0 aliphatic rings. The first-order valence-corrected chi connectivity index (χ1v) is 17.8. The molecule has 0 atom stereocenters. The zero-order chi connectivity index (χ0) is 45.8. The van der Waals surface area contributed by atoms with E-state index >= 15 is 0 Å². The van der Waals surface area contributed by atoms with Crippen LogP contribution in [0.3, 0.4) is 0 Å². The summed E-state index contributed by atoms with van der Waals surface area (Å²) < 4.78 is 21.8. The Balaban J connectivity index is 0.000000217. The number of nitrogens with one attached hydrogen (secondary N) is 2. The van der Waals surface area contributed by atoms with Gasteiger partial charge in [-0.15, -0.1) is 0 Å². The molecule has 62 heavy (non-hydrogen) atoms. The first-order chi connectivity index (χ1) is 29.2. The van der Waals surface area contributed by atoms with Gasteiger partial charge in [0.2, 0.25) is 0 Å². The third kappa shape index (κ3) is 12.1. The molecule has 0 unspecified atom stereocenters. The number of anilines is 4. The summed E-state index contributed by atoms with van der Waals surface area (Å²) in [4.78, 5) is 71.5. The molecule has 320 valence electrons. The minimum Gasteiger partial charge on any atom is -0.481 e. The van der Waals surface area contributed by atoms with Crippen LogP contribution in [0.25, 0.3) is 43.9 Å². The fraction of sp³-hybridized carbons (Fsp3) is 0.119. The molecule has 0 bridgehead atoms. The van der Waals surface area contributed by atoms with Gasteiger partial charge < -0.3 is 43.6 Å². The number of benzene rings is 4. The number of fused-ring (bicyclic) bond motifs is 6. The molecule has 0 radical (unpaired) electrons. The minimum atomic E-state index is -0.833. The molecule has 0 aliphatic carbocycles. The van der Waals surface area contributed by atoms with Gasteiger partial charge in [0.25, 0.3) is 29.3 Å². The third-order valence-corrected chi connectivity index (χ3v) is 7.98. The molecule has 20 heteroatoms. The maximum atomic E-state index is 11.8. The Labute approximate surface area is 347 Å². The van der Waals surface area contributed by atoms with Crippen molar-refractivity contribution in [1.82, 2.24) is 0 Å². The first-order valence-electron chi connectivity index (χ1n) is 17.8. The minimum absolute atomic E-state index is 0.0231. The van der Waals surface area contributed by atoms with Crippen LogP contribution < -0.4 is 21.9 Å². The SMILES string of the molecule is CC(=O)O.CC(=O)O.CC(=O)O.Cc1cc(=O)oc2c1ccc1occ(Nc3cccc([N+](=O)[O-])c3)c12.Cc1cc(=O)oc2c1ccc1occ(Nc3cccc([N+](=O)[O-])c3)c12. The molecular weight excluding hydrogens is 816 g/mol. The van der Waals surface area contributed by atoms with Gasteiger partial charge in [-0.05, 0) is 61.4 Å². The number of nitro benzene ring substituents is 2. The molecule has 0 saturated carbocycles. The third-order valence-electron chi connectivity index (χ3n) is 7.98. The number of furan rings is 2. The van der Waals surface area contributed by atoms with E-state index in [0.717, 1.165) is 42.7 Å². The molecule has 0 aliphatic heterocycles. The summed E-state index contributed by atoms with van der Waals surface area (Å²) in [6.07, 6.45) is 2.98. The van der Waals surface area contributed by atoms with Crippen LogP contribution in [0.2, 0.25) is 0 Å². The maximum Gasteiger partial charge on any atom is 0.336 e. The average Bonchev–Trinajstić information content (AvgIpc) is 3.79. The van der Waals surface area contributed by atoms with Gasteiger partial charge in [-0.1, -0.05) is 12.1 Å². The van der Waals surface area contributed by atoms with Crippen molar-refractivity contribution in [3.05, 3.63) is 150 Å². The van der Waals surface area contributed by atoms with E-state index in [9.17, 15) is 29.8 Å². The number of aryl methyl sites for hydroxylation is 2. The number of carboxylic acid groups (broad SMARTS) is 3. The maximum absolute atomic E-state index is 11.8. The van der Waals surface area contributed by atoms with Gasteiger partial charge in [-0.3, -0.25) is 34.6 Å². The smallest absolute Gasteiger partial charge is 0.336 e. The zero-order valence-corrected chi connectivity index (χ0v) is 33.3. The van der Waals surface area contributed by atoms with Crippen LogP contribution in [-0.2, 0) is 14.4 Å². The van der Waals surface area contributed by atoms with E-state index in [-0.39, 0.29) is 11.4 Å². The topological polar surface area (TPSA) is 309 Å². The van der Waals surface area contributed by atoms with E-state index in [4.69, 9.17) is 47.4 Å². The van der Waals surface area contributed by atoms with E-state index in [0.29, 0.717) is 55.9 Å². The van der Waals surface area contributed by atoms with E-state index in [2.05, 4.69) is 10.6 Å². The lowest BCUT2D eigenvalue weighted by atomic mass is 10.1. The van der Waals surface area contributed by atoms with Crippen LogP contribution in [0.1, 0.15) is 31.9 Å². The highest BCUT2D eigenvalue weighted by molar-refractivity contribution is 6.11. The second-order valence-corrected chi connectivity index (χ2v) is 12.8. The van der Waals surface area contributed by atoms with Crippen molar-refractivity contribution in [3.63, 3.8) is 0 Å². The number of non-ortho nitro benzene ring substituents is 2. The van der Waals surface area contributed by atoms with E-state index in [1.165, 1.54) is 48.9 Å². The second-order valence-electron chi connectivity index (χ2n) is 12.8. The largest absolute Gasteiger partial charge is 0.481 e. The highest BCUT2D eigenvalue weighted by Crippen LogP contribution is 2.37. The molecule has 0 saturated heterocycles. The molecule has 4 aromatic carbocycles. The first kappa shape index (κ1) is 45.9. The Morgan fingerprint density at radius 1 is 0.565 bits per heavy atom. The van der Waals surface area contributed by atoms with Crippen LogP contribution >= 0.6 is 0 Å². The van der Waals surface area contributed by atoms with Crippen molar-refractivity contribution in [2.45, 2.75) is 34.6 Å². The average molecular weight is 853 g/mol. The Morgan fingerprint density at radius 2 is 0.903 bits per heavy atom. The molecular formula is C42H36N4O16. The molecule has 4 aromatic heterocycles. The number of nitro groups is 2. The van der Waals surface area contributed by atoms with Crippen LogP contribution in [-0.4, -0.2) is 43.1 Å². The summed E-state index contributed by atoms with van der Waals surface area (Å²) in [5.41, 5.74) is 4.80. The summed E-state index contributed by atoms with van der Waals surface area (Å²) in [6, 6.07) is 22.4. The predicted molar refractivity (Wildman–Crippen MR) is 227 cm³/mol. The lowest BCUT2D eigenvalue weighted by Gasteiger charge is -2.06. The van der Waals surface area contributed by atoms with Crippen molar-refractivity contribution in [3.8, 4) is 0 Å². The molecule has 8 rings (SSSR count). The lowest BCUT2D eigenvalue weighted by molar-refractivity contribution is -0.385. The standard InChI is InChI=1S/2C18H12N2O5.3C2H4O2/c2*1-10-7-16(21)25-18-13(10)5-6-15-17(18)14(9-24-15)19-11-3-2-4-12(8-11)20(22)23;3*1-2(3)4/h2*2-9,19H,1H3;3*1H3,(H,3,4). The second kappa shape index (κ2) is 20.2. The molecule has 8 aromatic rings. The fourth-order valence-corrected chi connectivity index (χ4v) is 5.69. The quantitative estimate of drug-likeness (QED) is 0.0591. The number of hydrogen-bond donors (Lipinski definition) is 5. The number of nitrogens with zero attached hydrogens (tertiary/aromatic N) is 2. The van der Waals surface area contributed by atoms with Gasteiger partial charge in [-0.2, -0.15) is 0 Å². The van der Waals surface area contributed by atoms with Crippen LogP contribution in [0, 0.1) is 34.1 Å². The summed E-state index contributed by atoms with van der Waals surface area (Å²) in [5.74, 6) is -2.50. The van der Waals surface area contributed by atoms with Gasteiger partial charge in [0.05, 0.1) is 32.0 Å². The molecule has 20 nitrogen and oxygen atoms in total. The molecule has 0 amide bonds. The van der Waals surface area contributed by atoms with Gasteiger partial charge in [0.15, 0.2) is 11.2 Å². The van der Waals surface area contributed by atoms with Crippen molar-refractivity contribution >= 4 is 95.9 Å². The summed E-state index contributed by atoms with van der Waals surface area (Å²) in [5, 5.41) is 53.1. The lowest BCUT2D eigenvalue weighted by Crippen LogP contribution is -1.98. The molecule has 5 N–H and O–H groups in total. The number of carboxylic acids is 3. The highest BCUT2D eigenvalue weighted by Gasteiger charge is 2.17. The van der Waals surface area contributed by atoms with Gasteiger partial charge >= 0.3 is 11.3 Å². The van der Waals surface area contributed by atoms with E-state index in [1.807, 2.05) is 26.0 Å².